The maximum atomic E-state index is 12.4. The number of nitrogens with one attached hydrogen (secondary N) is 1. The molecule has 0 fully saturated rings. The van der Waals surface area contributed by atoms with E-state index in [2.05, 4.69) is 15.5 Å². The normalized spacial score (nSPS) is 10.9. The highest BCUT2D eigenvalue weighted by Gasteiger charge is 2.14. The van der Waals surface area contributed by atoms with E-state index in [1.807, 2.05) is 47.7 Å². The van der Waals surface area contributed by atoms with Crippen LogP contribution in [0, 0.1) is 18.3 Å². The Hall–Kier alpha value is -3.08. The Balaban J connectivity index is 1.58. The van der Waals surface area contributed by atoms with E-state index in [-0.39, 0.29) is 11.7 Å². The number of benzene rings is 2. The number of amides is 1. The fourth-order valence-corrected chi connectivity index (χ4v) is 3.93. The molecule has 0 aliphatic carbocycles. The van der Waals surface area contributed by atoms with Gasteiger partial charge in [0.25, 0.3) is 0 Å². The van der Waals surface area contributed by atoms with Crippen molar-refractivity contribution in [2.24, 2.45) is 0 Å². The number of para-hydroxylation sites is 1. The number of hydrogen-bond donors (Lipinski definition) is 1. The summed E-state index contributed by atoms with van der Waals surface area (Å²) >= 11 is 7.25. The van der Waals surface area contributed by atoms with Crippen LogP contribution in [0.1, 0.15) is 11.1 Å². The summed E-state index contributed by atoms with van der Waals surface area (Å²) in [4.78, 5) is 12.4. The molecule has 0 bridgehead atoms. The number of fused-ring (bicyclic) bond motifs is 3. The second kappa shape index (κ2) is 7.50. The molecule has 0 unspecified atom stereocenters. The standard InChI is InChI=1S/C20H14ClN5OS/c1-12-8-18-24-25-20(26(18)17-5-3-2-4-15(12)17)28-11-19(27)23-16-9-14(21)7-6-13(16)10-22/h2-9H,11H2,1H3,(H,23,27). The van der Waals surface area contributed by atoms with E-state index >= 15 is 0 Å². The maximum Gasteiger partial charge on any atom is 0.234 e. The van der Waals surface area contributed by atoms with Gasteiger partial charge in [-0.25, -0.2) is 0 Å². The first-order valence-electron chi connectivity index (χ1n) is 8.42. The molecule has 0 radical (unpaired) electrons. The summed E-state index contributed by atoms with van der Waals surface area (Å²) in [5.41, 5.74) is 3.60. The average Bonchev–Trinajstić information content (AvgIpc) is 3.10. The Bertz CT molecular complexity index is 1260. The van der Waals surface area contributed by atoms with Gasteiger partial charge in [-0.3, -0.25) is 9.20 Å². The number of carbonyl (C=O) groups is 1. The molecule has 28 heavy (non-hydrogen) atoms. The fraction of sp³-hybridized carbons (Fsp3) is 0.100. The predicted octanol–water partition coefficient (Wildman–Crippen LogP) is 4.45. The molecule has 0 aliphatic heterocycles. The van der Waals surface area contributed by atoms with Gasteiger partial charge >= 0.3 is 0 Å². The zero-order valence-electron chi connectivity index (χ0n) is 14.8. The van der Waals surface area contributed by atoms with Gasteiger partial charge in [0.2, 0.25) is 5.91 Å². The molecule has 0 spiro atoms. The van der Waals surface area contributed by atoms with Crippen molar-refractivity contribution in [2.75, 3.05) is 11.1 Å². The second-order valence-electron chi connectivity index (χ2n) is 6.16. The molecule has 138 valence electrons. The van der Waals surface area contributed by atoms with E-state index in [1.54, 1.807) is 18.2 Å². The first-order chi connectivity index (χ1) is 13.6. The van der Waals surface area contributed by atoms with Gasteiger partial charge in [-0.1, -0.05) is 41.6 Å². The Morgan fingerprint density at radius 2 is 2.07 bits per heavy atom. The topological polar surface area (TPSA) is 83.1 Å². The second-order valence-corrected chi connectivity index (χ2v) is 7.54. The van der Waals surface area contributed by atoms with Crippen LogP contribution in [-0.2, 0) is 4.79 Å². The largest absolute Gasteiger partial charge is 0.324 e. The molecule has 2 aromatic heterocycles. The predicted molar refractivity (Wildman–Crippen MR) is 111 cm³/mol. The molecule has 4 aromatic rings. The van der Waals surface area contributed by atoms with Crippen molar-refractivity contribution >= 4 is 51.5 Å². The quantitative estimate of drug-likeness (QED) is 0.505. The van der Waals surface area contributed by atoms with E-state index in [1.165, 1.54) is 11.8 Å². The highest BCUT2D eigenvalue weighted by Crippen LogP contribution is 2.26. The van der Waals surface area contributed by atoms with Gasteiger partial charge in [-0.15, -0.1) is 10.2 Å². The van der Waals surface area contributed by atoms with Gasteiger partial charge in [-0.2, -0.15) is 5.26 Å². The molecule has 1 N–H and O–H groups in total. The molecule has 6 nitrogen and oxygen atoms in total. The summed E-state index contributed by atoms with van der Waals surface area (Å²) in [7, 11) is 0. The number of pyridine rings is 1. The highest BCUT2D eigenvalue weighted by molar-refractivity contribution is 7.99. The molecule has 2 aromatic carbocycles. The summed E-state index contributed by atoms with van der Waals surface area (Å²) in [6, 6.07) is 16.8. The van der Waals surface area contributed by atoms with Gasteiger partial charge in [0.1, 0.15) is 6.07 Å². The van der Waals surface area contributed by atoms with Crippen LogP contribution in [0.5, 0.6) is 0 Å². The molecule has 1 amide bonds. The van der Waals surface area contributed by atoms with E-state index in [9.17, 15) is 10.1 Å². The molecule has 0 saturated heterocycles. The van der Waals surface area contributed by atoms with E-state index in [4.69, 9.17) is 11.6 Å². The Kier molecular flexibility index (Phi) is 4.90. The monoisotopic (exact) mass is 407 g/mol. The third-order valence-electron chi connectivity index (χ3n) is 4.28. The zero-order valence-corrected chi connectivity index (χ0v) is 16.4. The zero-order chi connectivity index (χ0) is 19.7. The van der Waals surface area contributed by atoms with Gasteiger partial charge < -0.3 is 5.32 Å². The van der Waals surface area contributed by atoms with Crippen molar-refractivity contribution in [2.45, 2.75) is 12.1 Å². The van der Waals surface area contributed by atoms with Crippen LogP contribution in [0.3, 0.4) is 0 Å². The SMILES string of the molecule is Cc1cc2nnc(SCC(=O)Nc3cc(Cl)ccc3C#N)n2c2ccccc12. The maximum absolute atomic E-state index is 12.4. The highest BCUT2D eigenvalue weighted by atomic mass is 35.5. The van der Waals surface area contributed by atoms with Crippen LogP contribution < -0.4 is 5.32 Å². The number of nitriles is 1. The van der Waals surface area contributed by atoms with Crippen molar-refractivity contribution in [3.63, 3.8) is 0 Å². The number of anilines is 1. The van der Waals surface area contributed by atoms with Crippen molar-refractivity contribution in [1.29, 1.82) is 5.26 Å². The third kappa shape index (κ3) is 3.40. The van der Waals surface area contributed by atoms with E-state index in [0.29, 0.717) is 21.4 Å². The summed E-state index contributed by atoms with van der Waals surface area (Å²) in [5, 5.41) is 22.6. The summed E-state index contributed by atoms with van der Waals surface area (Å²) in [6.45, 7) is 2.04. The lowest BCUT2D eigenvalue weighted by molar-refractivity contribution is -0.113. The molecular weight excluding hydrogens is 394 g/mol. The van der Waals surface area contributed by atoms with Gasteiger partial charge in [0, 0.05) is 10.4 Å². The van der Waals surface area contributed by atoms with Crippen LogP contribution in [0.25, 0.3) is 16.6 Å². The Morgan fingerprint density at radius 3 is 2.89 bits per heavy atom. The van der Waals surface area contributed by atoms with Gasteiger partial charge in [0.15, 0.2) is 10.8 Å². The average molecular weight is 408 g/mol. The number of aryl methyl sites for hydroxylation is 1. The van der Waals surface area contributed by atoms with Crippen LogP contribution >= 0.6 is 23.4 Å². The molecule has 4 rings (SSSR count). The third-order valence-corrected chi connectivity index (χ3v) is 5.45. The molecular formula is C20H14ClN5OS. The fourth-order valence-electron chi connectivity index (χ4n) is 3.00. The summed E-state index contributed by atoms with van der Waals surface area (Å²) in [6.07, 6.45) is 0. The number of aromatic nitrogens is 3. The lowest BCUT2D eigenvalue weighted by Gasteiger charge is -2.08. The van der Waals surface area contributed by atoms with E-state index in [0.717, 1.165) is 22.1 Å². The number of hydrogen-bond acceptors (Lipinski definition) is 5. The Morgan fingerprint density at radius 1 is 1.25 bits per heavy atom. The van der Waals surface area contributed by atoms with Crippen molar-refractivity contribution in [3.05, 3.63) is 64.7 Å². The number of thioether (sulfide) groups is 1. The minimum absolute atomic E-state index is 0.125. The number of halogens is 1. The lowest BCUT2D eigenvalue weighted by Crippen LogP contribution is -2.15. The van der Waals surface area contributed by atoms with Crippen LogP contribution in [-0.4, -0.2) is 26.3 Å². The smallest absolute Gasteiger partial charge is 0.234 e. The van der Waals surface area contributed by atoms with E-state index < -0.39 is 0 Å². The van der Waals surface area contributed by atoms with Crippen LogP contribution in [0.2, 0.25) is 5.02 Å². The molecule has 0 atom stereocenters. The molecule has 0 aliphatic rings. The first-order valence-corrected chi connectivity index (χ1v) is 9.79. The lowest BCUT2D eigenvalue weighted by atomic mass is 10.1. The summed E-state index contributed by atoms with van der Waals surface area (Å²) in [5.74, 6) is -0.127. The molecule has 0 saturated carbocycles. The van der Waals surface area contributed by atoms with Crippen molar-refractivity contribution in [3.8, 4) is 6.07 Å². The number of carbonyl (C=O) groups excluding carboxylic acids is 1. The molecule has 8 heteroatoms. The minimum Gasteiger partial charge on any atom is -0.324 e. The van der Waals surface area contributed by atoms with Gasteiger partial charge in [0.05, 0.1) is 22.5 Å². The van der Waals surface area contributed by atoms with Crippen LogP contribution in [0.4, 0.5) is 5.69 Å². The minimum atomic E-state index is -0.253. The Labute approximate surface area is 170 Å². The first kappa shape index (κ1) is 18.3. The van der Waals surface area contributed by atoms with Crippen molar-refractivity contribution < 1.29 is 4.79 Å². The molecule has 2 heterocycles. The number of rotatable bonds is 4. The number of nitrogens with zero attached hydrogens (tertiary/aromatic N) is 4. The van der Waals surface area contributed by atoms with Crippen molar-refractivity contribution in [1.82, 2.24) is 14.6 Å². The van der Waals surface area contributed by atoms with Crippen LogP contribution in [0.15, 0.2) is 53.7 Å². The van der Waals surface area contributed by atoms with Gasteiger partial charge in [-0.05, 0) is 42.8 Å². The summed E-state index contributed by atoms with van der Waals surface area (Å²) < 4.78 is 1.94.